The van der Waals surface area contributed by atoms with Gasteiger partial charge in [0.05, 0.1) is 18.7 Å². The first kappa shape index (κ1) is 20.5. The number of carbonyl (C=O) groups excluding carboxylic acids is 3. The number of amides is 2. The summed E-state index contributed by atoms with van der Waals surface area (Å²) in [5, 5.41) is 4.62. The number of rotatable bonds is 7. The molecule has 11 heteroatoms. The summed E-state index contributed by atoms with van der Waals surface area (Å²) in [5.74, 6) is -0.399. The molecule has 1 aliphatic heterocycles. The number of esters is 1. The molecule has 29 heavy (non-hydrogen) atoms. The first-order valence-corrected chi connectivity index (χ1v) is 9.93. The second kappa shape index (κ2) is 8.86. The number of nitrogens with one attached hydrogen (secondary N) is 1. The Morgan fingerprint density at radius 3 is 2.86 bits per heavy atom. The number of fused-ring (bicyclic) bond motifs is 1. The molecule has 0 fully saturated rings. The predicted octanol–water partition coefficient (Wildman–Crippen LogP) is 1.37. The molecule has 0 aromatic carbocycles. The van der Waals surface area contributed by atoms with Gasteiger partial charge < -0.3 is 20.5 Å². The van der Waals surface area contributed by atoms with Crippen LogP contribution in [0.5, 0.6) is 5.75 Å². The lowest BCUT2D eigenvalue weighted by atomic mass is 10.2. The van der Waals surface area contributed by atoms with Gasteiger partial charge in [0.15, 0.2) is 22.8 Å². The minimum Gasteiger partial charge on any atom is -0.477 e. The van der Waals surface area contributed by atoms with E-state index in [1.54, 1.807) is 24.4 Å². The normalized spacial score (nSPS) is 15.4. The molecule has 3 N–H and O–H groups in total. The summed E-state index contributed by atoms with van der Waals surface area (Å²) in [5.41, 5.74) is 6.22. The van der Waals surface area contributed by atoms with Crippen LogP contribution in [0.1, 0.15) is 26.0 Å². The van der Waals surface area contributed by atoms with Crippen LogP contribution in [0.15, 0.2) is 17.5 Å². The highest BCUT2D eigenvalue weighted by Crippen LogP contribution is 2.33. The molecule has 3 rings (SSSR count). The van der Waals surface area contributed by atoms with Crippen LogP contribution in [-0.2, 0) is 25.5 Å². The van der Waals surface area contributed by atoms with Gasteiger partial charge in [-0.2, -0.15) is 0 Å². The second-order valence-corrected chi connectivity index (χ2v) is 7.03. The molecule has 0 spiro atoms. The number of hydrogen-bond donors (Lipinski definition) is 2. The van der Waals surface area contributed by atoms with Crippen molar-refractivity contribution in [2.45, 2.75) is 32.8 Å². The van der Waals surface area contributed by atoms with Crippen molar-refractivity contribution in [3.8, 4) is 5.75 Å². The summed E-state index contributed by atoms with van der Waals surface area (Å²) in [7, 11) is 0. The van der Waals surface area contributed by atoms with Gasteiger partial charge in [0, 0.05) is 5.38 Å². The zero-order chi connectivity index (χ0) is 21.0. The molecule has 154 valence electrons. The fourth-order valence-corrected chi connectivity index (χ4v) is 3.46. The standard InChI is InChI=1S/C18H21N5O5S/c1-3-11-17(26)23(16-12(28-11)5-6-13(19)21-16)8-14(24)22-18-20-10(9-29-18)7-15(25)27-4-2/h5-6,9,11H,3-4,7-8H2,1-2H3,(H2,19,21)(H,20,22,24). The smallest absolute Gasteiger partial charge is 0.311 e. The Bertz CT molecular complexity index is 931. The van der Waals surface area contributed by atoms with Crippen LogP contribution in [0.3, 0.4) is 0 Å². The van der Waals surface area contributed by atoms with Crippen LogP contribution in [0, 0.1) is 0 Å². The molecule has 0 bridgehead atoms. The monoisotopic (exact) mass is 419 g/mol. The molecular weight excluding hydrogens is 398 g/mol. The van der Waals surface area contributed by atoms with Crippen molar-refractivity contribution in [3.63, 3.8) is 0 Å². The molecule has 3 heterocycles. The number of nitrogens with two attached hydrogens (primary N) is 1. The number of carbonyl (C=O) groups is 3. The van der Waals surface area contributed by atoms with Gasteiger partial charge in [-0.05, 0) is 25.5 Å². The van der Waals surface area contributed by atoms with Crippen LogP contribution in [-0.4, -0.2) is 47.0 Å². The Morgan fingerprint density at radius 1 is 1.34 bits per heavy atom. The van der Waals surface area contributed by atoms with Crippen LogP contribution < -0.4 is 20.7 Å². The SMILES string of the molecule is CCOC(=O)Cc1csc(NC(=O)CN2C(=O)C(CC)Oc3ccc(N)nc32)n1. The minimum absolute atomic E-state index is 0.0247. The van der Waals surface area contributed by atoms with Crippen LogP contribution >= 0.6 is 11.3 Å². The van der Waals surface area contributed by atoms with Gasteiger partial charge in [-0.1, -0.05) is 6.92 Å². The summed E-state index contributed by atoms with van der Waals surface area (Å²) in [6.07, 6.45) is -0.224. The number of nitrogens with zero attached hydrogens (tertiary/aromatic N) is 3. The molecule has 0 aliphatic carbocycles. The van der Waals surface area contributed by atoms with Crippen molar-refractivity contribution in [1.82, 2.24) is 9.97 Å². The molecule has 1 unspecified atom stereocenters. The van der Waals surface area contributed by atoms with Crippen molar-refractivity contribution >= 4 is 45.9 Å². The van der Waals surface area contributed by atoms with Crippen LogP contribution in [0.4, 0.5) is 16.8 Å². The molecule has 0 saturated carbocycles. The molecule has 10 nitrogen and oxygen atoms in total. The number of ether oxygens (including phenoxy) is 2. The fraction of sp³-hybridized carbons (Fsp3) is 0.389. The summed E-state index contributed by atoms with van der Waals surface area (Å²) in [4.78, 5) is 46.3. The van der Waals surface area contributed by atoms with E-state index >= 15 is 0 Å². The maximum absolute atomic E-state index is 12.7. The lowest BCUT2D eigenvalue weighted by Crippen LogP contribution is -2.49. The van der Waals surface area contributed by atoms with E-state index in [-0.39, 0.29) is 36.5 Å². The average Bonchev–Trinajstić information content (AvgIpc) is 3.10. The lowest BCUT2D eigenvalue weighted by Gasteiger charge is -2.32. The summed E-state index contributed by atoms with van der Waals surface area (Å²) in [6, 6.07) is 3.19. The van der Waals surface area contributed by atoms with Gasteiger partial charge in [0.2, 0.25) is 5.91 Å². The quantitative estimate of drug-likeness (QED) is 0.642. The molecule has 1 atom stereocenters. The second-order valence-electron chi connectivity index (χ2n) is 6.17. The fourth-order valence-electron chi connectivity index (χ4n) is 2.74. The van der Waals surface area contributed by atoms with Gasteiger partial charge in [-0.25, -0.2) is 9.97 Å². The Kier molecular flexibility index (Phi) is 6.27. The van der Waals surface area contributed by atoms with Gasteiger partial charge in [0.1, 0.15) is 12.4 Å². The third kappa shape index (κ3) is 4.80. The largest absolute Gasteiger partial charge is 0.477 e. The van der Waals surface area contributed by atoms with E-state index in [4.69, 9.17) is 15.2 Å². The zero-order valence-electron chi connectivity index (χ0n) is 16.0. The number of hydrogen-bond acceptors (Lipinski definition) is 9. The van der Waals surface area contributed by atoms with Crippen LogP contribution in [0.25, 0.3) is 0 Å². The maximum atomic E-state index is 12.7. The predicted molar refractivity (Wildman–Crippen MR) is 107 cm³/mol. The highest BCUT2D eigenvalue weighted by molar-refractivity contribution is 7.13. The average molecular weight is 419 g/mol. The molecule has 0 saturated heterocycles. The molecule has 2 aromatic rings. The van der Waals surface area contributed by atoms with E-state index in [0.717, 1.165) is 0 Å². The number of aromatic nitrogens is 2. The maximum Gasteiger partial charge on any atom is 0.311 e. The van der Waals surface area contributed by atoms with Crippen molar-refractivity contribution in [1.29, 1.82) is 0 Å². The van der Waals surface area contributed by atoms with Crippen molar-refractivity contribution in [2.75, 3.05) is 29.1 Å². The Balaban J connectivity index is 1.70. The molecule has 2 aromatic heterocycles. The van der Waals surface area contributed by atoms with E-state index in [1.807, 2.05) is 6.92 Å². The van der Waals surface area contributed by atoms with E-state index in [0.29, 0.717) is 29.6 Å². The lowest BCUT2D eigenvalue weighted by molar-refractivity contribution is -0.142. The highest BCUT2D eigenvalue weighted by Gasteiger charge is 2.35. The molecule has 2 amide bonds. The van der Waals surface area contributed by atoms with Crippen molar-refractivity contribution < 1.29 is 23.9 Å². The molecule has 0 radical (unpaired) electrons. The Labute approximate surface area is 171 Å². The molecular formula is C18H21N5O5S. The first-order chi connectivity index (χ1) is 13.9. The van der Waals surface area contributed by atoms with E-state index in [1.165, 1.54) is 16.2 Å². The topological polar surface area (TPSA) is 137 Å². The van der Waals surface area contributed by atoms with Gasteiger partial charge in [-0.15, -0.1) is 11.3 Å². The van der Waals surface area contributed by atoms with E-state index in [2.05, 4.69) is 15.3 Å². The minimum atomic E-state index is -0.697. The van der Waals surface area contributed by atoms with Gasteiger partial charge >= 0.3 is 5.97 Å². The summed E-state index contributed by atoms with van der Waals surface area (Å²) < 4.78 is 10.5. The third-order valence-corrected chi connectivity index (χ3v) is 4.84. The summed E-state index contributed by atoms with van der Waals surface area (Å²) in [6.45, 7) is 3.56. The Hall–Kier alpha value is -3.21. The highest BCUT2D eigenvalue weighted by atomic mass is 32.1. The van der Waals surface area contributed by atoms with Gasteiger partial charge in [-0.3, -0.25) is 19.3 Å². The van der Waals surface area contributed by atoms with Crippen molar-refractivity contribution in [3.05, 3.63) is 23.2 Å². The third-order valence-electron chi connectivity index (χ3n) is 4.03. The number of pyridine rings is 1. The van der Waals surface area contributed by atoms with E-state index in [9.17, 15) is 14.4 Å². The zero-order valence-corrected chi connectivity index (χ0v) is 16.8. The number of nitrogen functional groups attached to an aromatic ring is 1. The number of anilines is 3. The summed E-state index contributed by atoms with van der Waals surface area (Å²) >= 11 is 1.18. The number of thiazole rings is 1. The van der Waals surface area contributed by atoms with E-state index < -0.39 is 12.0 Å². The van der Waals surface area contributed by atoms with Crippen LogP contribution in [0.2, 0.25) is 0 Å². The molecule has 1 aliphatic rings. The van der Waals surface area contributed by atoms with Gasteiger partial charge in [0.25, 0.3) is 5.91 Å². The Morgan fingerprint density at radius 2 is 2.14 bits per heavy atom. The van der Waals surface area contributed by atoms with Crippen molar-refractivity contribution in [2.24, 2.45) is 0 Å². The first-order valence-electron chi connectivity index (χ1n) is 9.05.